The topological polar surface area (TPSA) is 72.2 Å². The predicted octanol–water partition coefficient (Wildman–Crippen LogP) is 2.53. The first-order valence-corrected chi connectivity index (χ1v) is 7.64. The maximum atomic E-state index is 13.5. The van der Waals surface area contributed by atoms with Crippen LogP contribution in [0, 0.1) is 18.6 Å². The van der Waals surface area contributed by atoms with Crippen LogP contribution in [0.3, 0.4) is 0 Å². The van der Waals surface area contributed by atoms with Crippen LogP contribution in [0.25, 0.3) is 0 Å². The average molecular weight is 312 g/mol. The van der Waals surface area contributed by atoms with Crippen molar-refractivity contribution in [2.45, 2.75) is 18.4 Å². The number of halogens is 2. The van der Waals surface area contributed by atoms with Gasteiger partial charge in [0.25, 0.3) is 0 Å². The smallest absolute Gasteiger partial charge is 0.238 e. The molecule has 21 heavy (non-hydrogen) atoms. The summed E-state index contributed by atoms with van der Waals surface area (Å²) in [6, 6.07) is 8.11. The van der Waals surface area contributed by atoms with Gasteiger partial charge in [0.05, 0.1) is 4.90 Å². The van der Waals surface area contributed by atoms with Crippen LogP contribution >= 0.6 is 0 Å². The Morgan fingerprint density at radius 3 is 2.33 bits per heavy atom. The van der Waals surface area contributed by atoms with Crippen LogP contribution in [0.15, 0.2) is 41.3 Å². The van der Waals surface area contributed by atoms with Crippen molar-refractivity contribution in [2.75, 3.05) is 5.32 Å². The summed E-state index contributed by atoms with van der Waals surface area (Å²) >= 11 is 0. The quantitative estimate of drug-likeness (QED) is 0.911. The summed E-state index contributed by atoms with van der Waals surface area (Å²) in [5, 5.41) is 7.89. The molecule has 0 unspecified atom stereocenters. The Kier molecular flexibility index (Phi) is 4.24. The molecule has 0 heterocycles. The van der Waals surface area contributed by atoms with Crippen LogP contribution in [0.5, 0.6) is 0 Å². The lowest BCUT2D eigenvalue weighted by atomic mass is 10.2. The molecule has 0 amide bonds. The summed E-state index contributed by atoms with van der Waals surface area (Å²) in [5.74, 6) is -1.33. The number of nitrogens with one attached hydrogen (secondary N) is 1. The summed E-state index contributed by atoms with van der Waals surface area (Å²) in [6.45, 7) is 1.51. The van der Waals surface area contributed by atoms with Crippen LogP contribution in [0.2, 0.25) is 0 Å². The Morgan fingerprint density at radius 1 is 1.14 bits per heavy atom. The summed E-state index contributed by atoms with van der Waals surface area (Å²) in [7, 11) is -3.84. The van der Waals surface area contributed by atoms with E-state index in [-0.39, 0.29) is 17.0 Å². The molecule has 0 fully saturated rings. The van der Waals surface area contributed by atoms with Crippen molar-refractivity contribution < 1.29 is 17.2 Å². The van der Waals surface area contributed by atoms with Crippen LogP contribution in [-0.4, -0.2) is 8.42 Å². The second-order valence-corrected chi connectivity index (χ2v) is 6.11. The molecule has 0 aliphatic rings. The minimum absolute atomic E-state index is 0.0264. The average Bonchev–Trinajstić information content (AvgIpc) is 2.38. The van der Waals surface area contributed by atoms with Gasteiger partial charge in [-0.1, -0.05) is 12.1 Å². The molecule has 3 N–H and O–H groups in total. The lowest BCUT2D eigenvalue weighted by molar-refractivity contribution is 0.560. The van der Waals surface area contributed by atoms with Gasteiger partial charge in [0.1, 0.15) is 11.6 Å². The molecular weight excluding hydrogens is 298 g/mol. The van der Waals surface area contributed by atoms with Crippen LogP contribution in [0.4, 0.5) is 14.5 Å². The molecular formula is C14H14F2N2O2S. The number of nitrogens with two attached hydrogens (primary N) is 1. The van der Waals surface area contributed by atoms with Gasteiger partial charge in [-0.2, -0.15) is 0 Å². The molecule has 0 radical (unpaired) electrons. The zero-order valence-electron chi connectivity index (χ0n) is 11.2. The maximum absolute atomic E-state index is 13.5. The Morgan fingerprint density at radius 2 is 1.76 bits per heavy atom. The first-order valence-electron chi connectivity index (χ1n) is 6.09. The van der Waals surface area contributed by atoms with Crippen LogP contribution < -0.4 is 10.5 Å². The van der Waals surface area contributed by atoms with Gasteiger partial charge in [0.15, 0.2) is 0 Å². The number of sulfonamides is 1. The molecule has 2 aromatic carbocycles. The third-order valence-corrected chi connectivity index (χ3v) is 4.08. The van der Waals surface area contributed by atoms with Crippen LogP contribution in [-0.2, 0) is 16.6 Å². The van der Waals surface area contributed by atoms with Crippen molar-refractivity contribution in [3.05, 3.63) is 59.2 Å². The fourth-order valence-corrected chi connectivity index (χ4v) is 2.72. The molecule has 112 valence electrons. The summed E-state index contributed by atoms with van der Waals surface area (Å²) in [5.41, 5.74) is 0.794. The van der Waals surface area contributed by atoms with E-state index in [0.717, 1.165) is 12.1 Å². The summed E-state index contributed by atoms with van der Waals surface area (Å²) in [4.78, 5) is -0.0264. The highest BCUT2D eigenvalue weighted by atomic mass is 32.2. The lowest BCUT2D eigenvalue weighted by Gasteiger charge is -2.11. The third kappa shape index (κ3) is 3.56. The van der Waals surface area contributed by atoms with Gasteiger partial charge in [-0.3, -0.25) is 0 Å². The Labute approximate surface area is 121 Å². The van der Waals surface area contributed by atoms with Gasteiger partial charge >= 0.3 is 0 Å². The van der Waals surface area contributed by atoms with Crippen LogP contribution in [0.1, 0.15) is 11.1 Å². The standard InChI is InChI=1S/C14H14F2N2O2S/c1-9-5-6-10(7-14(9)21(17,19)20)18-8-11-12(15)3-2-4-13(11)16/h2-7,18H,8H2,1H3,(H2,17,19,20). The number of primary sulfonamides is 1. The summed E-state index contributed by atoms with van der Waals surface area (Å²) < 4.78 is 49.8. The van der Waals surface area contributed by atoms with Gasteiger partial charge in [-0.05, 0) is 36.8 Å². The maximum Gasteiger partial charge on any atom is 0.238 e. The molecule has 2 rings (SSSR count). The number of hydrogen-bond acceptors (Lipinski definition) is 3. The van der Waals surface area contributed by atoms with E-state index in [9.17, 15) is 17.2 Å². The minimum Gasteiger partial charge on any atom is -0.381 e. The normalized spacial score (nSPS) is 11.4. The van der Waals surface area contributed by atoms with E-state index in [2.05, 4.69) is 5.32 Å². The van der Waals surface area contributed by atoms with E-state index in [1.54, 1.807) is 19.1 Å². The van der Waals surface area contributed by atoms with Gasteiger partial charge in [-0.15, -0.1) is 0 Å². The van der Waals surface area contributed by atoms with Crippen molar-refractivity contribution in [3.8, 4) is 0 Å². The molecule has 0 atom stereocenters. The highest BCUT2D eigenvalue weighted by Gasteiger charge is 2.13. The highest BCUT2D eigenvalue weighted by Crippen LogP contribution is 2.20. The molecule has 4 nitrogen and oxygen atoms in total. The fourth-order valence-electron chi connectivity index (χ4n) is 1.91. The van der Waals surface area contributed by atoms with E-state index in [4.69, 9.17) is 5.14 Å². The van der Waals surface area contributed by atoms with Crippen molar-refractivity contribution in [1.82, 2.24) is 0 Å². The number of benzene rings is 2. The molecule has 0 bridgehead atoms. The first-order chi connectivity index (χ1) is 9.79. The second kappa shape index (κ2) is 5.79. The number of anilines is 1. The SMILES string of the molecule is Cc1ccc(NCc2c(F)cccc2F)cc1S(N)(=O)=O. The van der Waals surface area contributed by atoms with E-state index >= 15 is 0 Å². The number of aryl methyl sites for hydroxylation is 1. The molecule has 0 aromatic heterocycles. The van der Waals surface area contributed by atoms with Crippen molar-refractivity contribution in [3.63, 3.8) is 0 Å². The minimum atomic E-state index is -3.84. The number of rotatable bonds is 4. The molecule has 0 saturated heterocycles. The first kappa shape index (κ1) is 15.4. The molecule has 2 aromatic rings. The monoisotopic (exact) mass is 312 g/mol. The molecule has 0 spiro atoms. The Bertz CT molecular complexity index is 756. The van der Waals surface area contributed by atoms with E-state index in [1.165, 1.54) is 12.1 Å². The number of hydrogen-bond donors (Lipinski definition) is 2. The van der Waals surface area contributed by atoms with Gasteiger partial charge in [0.2, 0.25) is 10.0 Å². The lowest BCUT2D eigenvalue weighted by Crippen LogP contribution is -2.14. The van der Waals surface area contributed by atoms with E-state index in [0.29, 0.717) is 11.3 Å². The zero-order chi connectivity index (χ0) is 15.6. The Hall–Kier alpha value is -1.99. The van der Waals surface area contributed by atoms with Crippen molar-refractivity contribution >= 4 is 15.7 Å². The van der Waals surface area contributed by atoms with Gasteiger partial charge < -0.3 is 5.32 Å². The molecule has 7 heteroatoms. The third-order valence-electron chi connectivity index (χ3n) is 3.03. The van der Waals surface area contributed by atoms with Gasteiger partial charge in [0, 0.05) is 17.8 Å². The molecule has 0 aliphatic carbocycles. The van der Waals surface area contributed by atoms with Crippen molar-refractivity contribution in [2.24, 2.45) is 5.14 Å². The molecule has 0 saturated carbocycles. The molecule has 0 aliphatic heterocycles. The second-order valence-electron chi connectivity index (χ2n) is 4.58. The van der Waals surface area contributed by atoms with E-state index < -0.39 is 21.7 Å². The summed E-state index contributed by atoms with van der Waals surface area (Å²) in [6.07, 6.45) is 0. The predicted molar refractivity (Wildman–Crippen MR) is 76.2 cm³/mol. The fraction of sp³-hybridized carbons (Fsp3) is 0.143. The zero-order valence-corrected chi connectivity index (χ0v) is 12.0. The highest BCUT2D eigenvalue weighted by molar-refractivity contribution is 7.89. The Balaban J connectivity index is 2.26. The largest absolute Gasteiger partial charge is 0.381 e. The van der Waals surface area contributed by atoms with E-state index in [1.807, 2.05) is 0 Å². The van der Waals surface area contributed by atoms with Crippen molar-refractivity contribution in [1.29, 1.82) is 0 Å². The van der Waals surface area contributed by atoms with Gasteiger partial charge in [-0.25, -0.2) is 22.3 Å².